The molecule has 0 fully saturated rings. The van der Waals surface area contributed by atoms with Gasteiger partial charge in [0.25, 0.3) is 0 Å². The summed E-state index contributed by atoms with van der Waals surface area (Å²) in [6.07, 6.45) is 1.47. The summed E-state index contributed by atoms with van der Waals surface area (Å²) in [5, 5.41) is 8.14. The summed E-state index contributed by atoms with van der Waals surface area (Å²) < 4.78 is 23.0. The Hall–Kier alpha value is -0.860. The zero-order valence-electron chi connectivity index (χ0n) is 6.32. The summed E-state index contributed by atoms with van der Waals surface area (Å²) in [7, 11) is -1.96. The average Bonchev–Trinajstić information content (AvgIpc) is 1.88. The maximum Gasteiger partial charge on any atom is 0.227 e. The summed E-state index contributed by atoms with van der Waals surface area (Å²) >= 11 is 0. The predicted molar refractivity (Wildman–Crippen MR) is 42.2 cm³/mol. The van der Waals surface area contributed by atoms with Gasteiger partial charge in [0.2, 0.25) is 10.0 Å². The number of rotatable bonds is 4. The monoisotopic (exact) mass is 174 g/mol. The van der Waals surface area contributed by atoms with Crippen LogP contribution in [0.5, 0.6) is 0 Å². The number of sulfonamides is 1. The Bertz CT molecular complexity index is 263. The van der Waals surface area contributed by atoms with Gasteiger partial charge in [-0.2, -0.15) is 5.26 Å². The van der Waals surface area contributed by atoms with Crippen LogP contribution in [-0.4, -0.2) is 32.1 Å². The van der Waals surface area contributed by atoms with Crippen molar-refractivity contribution < 1.29 is 8.42 Å². The van der Waals surface area contributed by atoms with Gasteiger partial charge in [0.1, 0.15) is 0 Å². The predicted octanol–water partition coefficient (Wildman–Crippen LogP) is -0.0424. The second-order valence-corrected chi connectivity index (χ2v) is 4.06. The van der Waals surface area contributed by atoms with Crippen LogP contribution in [0.3, 0.4) is 0 Å². The Kier molecular flexibility index (Phi) is 3.79. The van der Waals surface area contributed by atoms with Crippen LogP contribution in [0.4, 0.5) is 0 Å². The summed E-state index contributed by atoms with van der Waals surface area (Å²) in [6.45, 7) is 3.63. The molecule has 0 aliphatic carbocycles. The van der Waals surface area contributed by atoms with Gasteiger partial charge in [-0.05, 0) is 0 Å². The molecular weight excluding hydrogens is 164 g/mol. The second kappa shape index (κ2) is 4.11. The highest BCUT2D eigenvalue weighted by atomic mass is 32.2. The molecule has 0 amide bonds. The molecule has 0 N–H and O–H groups in total. The van der Waals surface area contributed by atoms with Gasteiger partial charge in [0, 0.05) is 13.6 Å². The van der Waals surface area contributed by atoms with Gasteiger partial charge in [0.15, 0.2) is 5.75 Å². The van der Waals surface area contributed by atoms with Crippen molar-refractivity contribution in [3.8, 4) is 6.07 Å². The van der Waals surface area contributed by atoms with Crippen LogP contribution in [0.25, 0.3) is 0 Å². The molecule has 0 aromatic carbocycles. The van der Waals surface area contributed by atoms with Crippen molar-refractivity contribution in [2.45, 2.75) is 0 Å². The first kappa shape index (κ1) is 10.1. The lowest BCUT2D eigenvalue weighted by Gasteiger charge is -2.11. The van der Waals surface area contributed by atoms with Crippen LogP contribution >= 0.6 is 0 Å². The minimum absolute atomic E-state index is 0.240. The highest BCUT2D eigenvalue weighted by Crippen LogP contribution is 1.95. The first-order chi connectivity index (χ1) is 5.04. The van der Waals surface area contributed by atoms with Gasteiger partial charge in [-0.15, -0.1) is 6.58 Å². The summed E-state index contributed by atoms with van der Waals surface area (Å²) in [4.78, 5) is 0. The minimum Gasteiger partial charge on any atom is -0.211 e. The maximum absolute atomic E-state index is 11.0. The molecule has 5 heteroatoms. The average molecular weight is 174 g/mol. The van der Waals surface area contributed by atoms with Gasteiger partial charge >= 0.3 is 0 Å². The normalized spacial score (nSPS) is 11.0. The fourth-order valence-corrected chi connectivity index (χ4v) is 1.20. The molecule has 0 radical (unpaired) electrons. The Morgan fingerprint density at radius 2 is 2.27 bits per heavy atom. The fraction of sp³-hybridized carbons (Fsp3) is 0.500. The number of hydrogen-bond acceptors (Lipinski definition) is 3. The molecule has 4 nitrogen and oxygen atoms in total. The molecule has 62 valence electrons. The van der Waals surface area contributed by atoms with E-state index in [-0.39, 0.29) is 6.54 Å². The molecule has 0 saturated carbocycles. The lowest BCUT2D eigenvalue weighted by Crippen LogP contribution is -2.28. The van der Waals surface area contributed by atoms with E-state index in [0.717, 1.165) is 4.31 Å². The Morgan fingerprint density at radius 3 is 2.64 bits per heavy atom. The zero-order chi connectivity index (χ0) is 8.91. The van der Waals surface area contributed by atoms with Crippen molar-refractivity contribution in [1.82, 2.24) is 4.31 Å². The lowest BCUT2D eigenvalue weighted by atomic mass is 10.6. The largest absolute Gasteiger partial charge is 0.227 e. The van der Waals surface area contributed by atoms with Crippen LogP contribution < -0.4 is 0 Å². The zero-order valence-corrected chi connectivity index (χ0v) is 7.13. The van der Waals surface area contributed by atoms with E-state index >= 15 is 0 Å². The number of likely N-dealkylation sites (N-methyl/N-ethyl adjacent to an activating group) is 1. The summed E-state index contributed by atoms with van der Waals surface area (Å²) in [6, 6.07) is 1.58. The molecular formula is C6H10N2O2S. The van der Waals surface area contributed by atoms with Crippen molar-refractivity contribution >= 4 is 10.0 Å². The van der Waals surface area contributed by atoms with Crippen LogP contribution in [-0.2, 0) is 10.0 Å². The number of nitriles is 1. The number of nitrogens with zero attached hydrogens (tertiary/aromatic N) is 2. The van der Waals surface area contributed by atoms with Gasteiger partial charge in [-0.3, -0.25) is 0 Å². The van der Waals surface area contributed by atoms with Crippen molar-refractivity contribution in [1.29, 1.82) is 5.26 Å². The maximum atomic E-state index is 11.0. The van der Waals surface area contributed by atoms with Crippen LogP contribution in [0.2, 0.25) is 0 Å². The van der Waals surface area contributed by atoms with Gasteiger partial charge < -0.3 is 0 Å². The van der Waals surface area contributed by atoms with Crippen molar-refractivity contribution in [2.75, 3.05) is 19.3 Å². The van der Waals surface area contributed by atoms with Crippen molar-refractivity contribution in [2.24, 2.45) is 0 Å². The SMILES string of the molecule is C=CCN(C)S(=O)(=O)CC#N. The van der Waals surface area contributed by atoms with Gasteiger partial charge in [0.05, 0.1) is 6.07 Å². The van der Waals surface area contributed by atoms with Crippen LogP contribution in [0.15, 0.2) is 12.7 Å². The molecule has 0 heterocycles. The molecule has 0 rings (SSSR count). The number of hydrogen-bond donors (Lipinski definition) is 0. The Balaban J connectivity index is 4.33. The molecule has 0 aromatic heterocycles. The molecule has 0 saturated heterocycles. The first-order valence-corrected chi connectivity index (χ1v) is 4.57. The first-order valence-electron chi connectivity index (χ1n) is 2.96. The minimum atomic E-state index is -3.37. The Morgan fingerprint density at radius 1 is 1.73 bits per heavy atom. The molecule has 11 heavy (non-hydrogen) atoms. The quantitative estimate of drug-likeness (QED) is 0.562. The molecule has 0 aromatic rings. The fourth-order valence-electron chi connectivity index (χ4n) is 0.487. The van der Waals surface area contributed by atoms with Crippen LogP contribution in [0.1, 0.15) is 0 Å². The highest BCUT2D eigenvalue weighted by Gasteiger charge is 2.14. The standard InChI is InChI=1S/C6H10N2O2S/c1-3-5-8(2)11(9,10)6-4-7/h3H,1,5-6H2,2H3. The second-order valence-electron chi connectivity index (χ2n) is 1.98. The third kappa shape index (κ3) is 3.16. The van der Waals surface area contributed by atoms with E-state index < -0.39 is 15.8 Å². The van der Waals surface area contributed by atoms with E-state index in [9.17, 15) is 8.42 Å². The van der Waals surface area contributed by atoms with E-state index in [1.54, 1.807) is 6.07 Å². The molecule has 0 aliphatic rings. The van der Waals surface area contributed by atoms with Crippen molar-refractivity contribution in [3.63, 3.8) is 0 Å². The van der Waals surface area contributed by atoms with E-state index in [0.29, 0.717) is 0 Å². The molecule has 0 bridgehead atoms. The van der Waals surface area contributed by atoms with Crippen LogP contribution in [0, 0.1) is 11.3 Å². The van der Waals surface area contributed by atoms with E-state index in [1.165, 1.54) is 13.1 Å². The topological polar surface area (TPSA) is 61.2 Å². The molecule has 0 spiro atoms. The lowest BCUT2D eigenvalue weighted by molar-refractivity contribution is 0.503. The molecule has 0 atom stereocenters. The third-order valence-corrected chi connectivity index (χ3v) is 2.70. The third-order valence-electron chi connectivity index (χ3n) is 1.11. The molecule has 0 aliphatic heterocycles. The van der Waals surface area contributed by atoms with Crippen molar-refractivity contribution in [3.05, 3.63) is 12.7 Å². The van der Waals surface area contributed by atoms with Gasteiger partial charge in [-0.1, -0.05) is 6.08 Å². The van der Waals surface area contributed by atoms with E-state index in [4.69, 9.17) is 5.26 Å². The smallest absolute Gasteiger partial charge is 0.211 e. The molecule has 0 unspecified atom stereocenters. The van der Waals surface area contributed by atoms with Gasteiger partial charge in [-0.25, -0.2) is 12.7 Å². The highest BCUT2D eigenvalue weighted by molar-refractivity contribution is 7.89. The Labute approximate surface area is 66.8 Å². The van der Waals surface area contributed by atoms with E-state index in [2.05, 4.69) is 6.58 Å². The van der Waals surface area contributed by atoms with E-state index in [1.807, 2.05) is 0 Å². The summed E-state index contributed by atoms with van der Waals surface area (Å²) in [5.41, 5.74) is 0. The summed E-state index contributed by atoms with van der Waals surface area (Å²) in [5.74, 6) is -0.475.